The number of hydrogen-bond acceptors (Lipinski definition) is 3. The van der Waals surface area contributed by atoms with E-state index in [0.717, 1.165) is 19.5 Å². The van der Waals surface area contributed by atoms with Gasteiger partial charge in [0.1, 0.15) is 5.82 Å². The molecule has 0 amide bonds. The number of nitrogens with one attached hydrogen (secondary N) is 2. The third-order valence-corrected chi connectivity index (χ3v) is 6.22. The average molecular weight is 525 g/mol. The monoisotopic (exact) mass is 525 g/mol. The molecule has 0 heterocycles. The van der Waals surface area contributed by atoms with Gasteiger partial charge in [0.2, 0.25) is 0 Å². The molecule has 28 heavy (non-hydrogen) atoms. The van der Waals surface area contributed by atoms with Crippen LogP contribution < -0.4 is 10.6 Å². The number of hydrogen-bond donors (Lipinski definition) is 2. The molecule has 1 aliphatic carbocycles. The minimum atomic E-state index is -3.20. The van der Waals surface area contributed by atoms with E-state index in [0.29, 0.717) is 22.5 Å². The topological polar surface area (TPSA) is 70.6 Å². The number of sulfone groups is 1. The van der Waals surface area contributed by atoms with Crippen LogP contribution in [0.25, 0.3) is 0 Å². The Labute approximate surface area is 185 Å². The van der Waals surface area contributed by atoms with Crippen LogP contribution in [0, 0.1) is 11.2 Å². The Kier molecular flexibility index (Phi) is 10.2. The van der Waals surface area contributed by atoms with Crippen molar-refractivity contribution in [1.82, 2.24) is 10.6 Å². The molecule has 0 aromatic heterocycles. The van der Waals surface area contributed by atoms with Crippen LogP contribution >= 0.6 is 24.0 Å². The lowest BCUT2D eigenvalue weighted by atomic mass is 9.83. The van der Waals surface area contributed by atoms with Gasteiger partial charge in [0.25, 0.3) is 0 Å². The van der Waals surface area contributed by atoms with Gasteiger partial charge >= 0.3 is 0 Å². The van der Waals surface area contributed by atoms with E-state index in [2.05, 4.69) is 22.5 Å². The van der Waals surface area contributed by atoms with Crippen LogP contribution in [-0.4, -0.2) is 33.7 Å². The fourth-order valence-electron chi connectivity index (χ4n) is 3.72. The number of guanidine groups is 1. The third kappa shape index (κ3) is 7.85. The zero-order valence-electron chi connectivity index (χ0n) is 17.1. The third-order valence-electron chi connectivity index (χ3n) is 5.38. The molecule has 5 nitrogen and oxygen atoms in total. The molecule has 1 aromatic carbocycles. The van der Waals surface area contributed by atoms with Gasteiger partial charge in [0.05, 0.1) is 12.3 Å². The quantitative estimate of drug-likeness (QED) is 0.306. The Morgan fingerprint density at radius 3 is 2.43 bits per heavy atom. The van der Waals surface area contributed by atoms with E-state index in [-0.39, 0.29) is 42.1 Å². The van der Waals surface area contributed by atoms with Crippen molar-refractivity contribution in [3.05, 3.63) is 35.1 Å². The summed E-state index contributed by atoms with van der Waals surface area (Å²) >= 11 is 0. The molecule has 8 heteroatoms. The van der Waals surface area contributed by atoms with Crippen LogP contribution in [0.1, 0.15) is 57.1 Å². The average Bonchev–Trinajstić information content (AvgIpc) is 3.08. The molecule has 0 radical (unpaired) electrons. The zero-order chi connectivity index (χ0) is 19.9. The van der Waals surface area contributed by atoms with Crippen molar-refractivity contribution in [3.63, 3.8) is 0 Å². The molecule has 160 valence electrons. The predicted molar refractivity (Wildman–Crippen MR) is 124 cm³/mol. The van der Waals surface area contributed by atoms with Gasteiger partial charge in [-0.2, -0.15) is 0 Å². The lowest BCUT2D eigenvalue weighted by Gasteiger charge is -2.28. The Hall–Kier alpha value is -0.900. The molecular formula is C20H33FIN3O2S. The summed E-state index contributed by atoms with van der Waals surface area (Å²) in [5.74, 6) is 0.194. The van der Waals surface area contributed by atoms with Crippen LogP contribution in [0.2, 0.25) is 0 Å². The molecular weight excluding hydrogens is 492 g/mol. The molecule has 0 bridgehead atoms. The molecule has 2 rings (SSSR count). The Morgan fingerprint density at radius 2 is 1.86 bits per heavy atom. The molecule has 0 saturated heterocycles. The number of benzene rings is 1. The van der Waals surface area contributed by atoms with E-state index in [4.69, 9.17) is 0 Å². The summed E-state index contributed by atoms with van der Waals surface area (Å²) in [6.07, 6.45) is 7.35. The van der Waals surface area contributed by atoms with Gasteiger partial charge in [-0.3, -0.25) is 0 Å². The second-order valence-electron chi connectivity index (χ2n) is 7.59. The Balaban J connectivity index is 0.00000392. The minimum absolute atomic E-state index is 0. The highest BCUT2D eigenvalue weighted by Gasteiger charge is 2.31. The molecule has 0 unspecified atom stereocenters. The van der Waals surface area contributed by atoms with Crippen molar-refractivity contribution >= 4 is 39.8 Å². The number of halogens is 2. The van der Waals surface area contributed by atoms with Crippen LogP contribution in [0.15, 0.2) is 23.2 Å². The van der Waals surface area contributed by atoms with Crippen LogP contribution in [0.4, 0.5) is 4.39 Å². The molecule has 1 fully saturated rings. The molecule has 0 spiro atoms. The number of aliphatic imine (C=N–C) groups is 1. The standard InChI is InChI=1S/C20H32FN3O2S.HI/c1-4-20(10-6-7-11-20)15-24-19(22-5-2)23-13-17-12-18(21)9-8-16(17)14-27(3,25)26;/h8-9,12H,4-7,10-11,13-15H2,1-3H3,(H2,22,23,24);1H. The summed E-state index contributed by atoms with van der Waals surface area (Å²) in [5, 5.41) is 6.66. The van der Waals surface area contributed by atoms with Crippen molar-refractivity contribution in [2.45, 2.75) is 58.2 Å². The summed E-state index contributed by atoms with van der Waals surface area (Å²) in [7, 11) is -3.20. The Morgan fingerprint density at radius 1 is 1.18 bits per heavy atom. The first kappa shape index (κ1) is 25.1. The maximum absolute atomic E-state index is 13.7. The summed E-state index contributed by atoms with van der Waals surface area (Å²) in [6.45, 7) is 6.07. The zero-order valence-corrected chi connectivity index (χ0v) is 20.2. The fourth-order valence-corrected chi connectivity index (χ4v) is 4.57. The first-order valence-electron chi connectivity index (χ1n) is 9.74. The molecule has 1 saturated carbocycles. The fraction of sp³-hybridized carbons (Fsp3) is 0.650. The second-order valence-corrected chi connectivity index (χ2v) is 9.73. The summed E-state index contributed by atoms with van der Waals surface area (Å²) in [6, 6.07) is 4.20. The van der Waals surface area contributed by atoms with Crippen molar-refractivity contribution in [3.8, 4) is 0 Å². The van der Waals surface area contributed by atoms with Gasteiger partial charge in [0.15, 0.2) is 15.8 Å². The minimum Gasteiger partial charge on any atom is -0.357 e. The highest BCUT2D eigenvalue weighted by molar-refractivity contribution is 14.0. The van der Waals surface area contributed by atoms with Crippen LogP contribution in [0.5, 0.6) is 0 Å². The first-order valence-corrected chi connectivity index (χ1v) is 11.8. The van der Waals surface area contributed by atoms with E-state index in [1.807, 2.05) is 6.92 Å². The van der Waals surface area contributed by atoms with Crippen LogP contribution in [0.3, 0.4) is 0 Å². The highest BCUT2D eigenvalue weighted by atomic mass is 127. The van der Waals surface area contributed by atoms with E-state index in [9.17, 15) is 12.8 Å². The second kappa shape index (κ2) is 11.3. The predicted octanol–water partition coefficient (Wildman–Crippen LogP) is 4.01. The van der Waals surface area contributed by atoms with E-state index in [1.54, 1.807) is 0 Å². The Bertz CT molecular complexity index is 763. The van der Waals surface area contributed by atoms with E-state index < -0.39 is 9.84 Å². The molecule has 1 aromatic rings. The summed E-state index contributed by atoms with van der Waals surface area (Å²) in [5.41, 5.74) is 1.53. The maximum Gasteiger partial charge on any atom is 0.191 e. The van der Waals surface area contributed by atoms with Gasteiger partial charge < -0.3 is 10.6 Å². The molecule has 2 N–H and O–H groups in total. The van der Waals surface area contributed by atoms with Crippen LogP contribution in [-0.2, 0) is 22.1 Å². The van der Waals surface area contributed by atoms with Gasteiger partial charge in [-0.25, -0.2) is 17.8 Å². The van der Waals surface area contributed by atoms with E-state index in [1.165, 1.54) is 50.1 Å². The lowest BCUT2D eigenvalue weighted by molar-refractivity contribution is 0.283. The van der Waals surface area contributed by atoms with Crippen molar-refractivity contribution < 1.29 is 12.8 Å². The normalized spacial score (nSPS) is 16.5. The van der Waals surface area contributed by atoms with E-state index >= 15 is 0 Å². The first-order chi connectivity index (χ1) is 12.8. The van der Waals surface area contributed by atoms with Gasteiger partial charge in [0, 0.05) is 19.3 Å². The maximum atomic E-state index is 13.7. The molecule has 1 aliphatic rings. The highest BCUT2D eigenvalue weighted by Crippen LogP contribution is 2.40. The van der Waals surface area contributed by atoms with Gasteiger partial charge in [-0.15, -0.1) is 24.0 Å². The molecule has 0 aliphatic heterocycles. The van der Waals surface area contributed by atoms with Crippen molar-refractivity contribution in [1.29, 1.82) is 0 Å². The van der Waals surface area contributed by atoms with Gasteiger partial charge in [-0.1, -0.05) is 25.8 Å². The van der Waals surface area contributed by atoms with Gasteiger partial charge in [-0.05, 0) is 54.9 Å². The summed E-state index contributed by atoms with van der Waals surface area (Å²) < 4.78 is 37.0. The number of rotatable bonds is 8. The molecule has 0 atom stereocenters. The lowest BCUT2D eigenvalue weighted by Crippen LogP contribution is -2.42. The smallest absolute Gasteiger partial charge is 0.191 e. The SMILES string of the molecule is CCNC(=NCc1cc(F)ccc1CS(C)(=O)=O)NCC1(CC)CCCC1.I. The number of nitrogens with zero attached hydrogens (tertiary/aromatic N) is 1. The largest absolute Gasteiger partial charge is 0.357 e. The van der Waals surface area contributed by atoms with Crippen molar-refractivity contribution in [2.75, 3.05) is 19.3 Å². The summed E-state index contributed by atoms with van der Waals surface area (Å²) in [4.78, 5) is 4.57. The van der Waals surface area contributed by atoms with Crippen molar-refractivity contribution in [2.24, 2.45) is 10.4 Å².